The molecule has 0 aromatic heterocycles. The van der Waals surface area contributed by atoms with Gasteiger partial charge in [0.1, 0.15) is 0 Å². The second-order valence-corrected chi connectivity index (χ2v) is 5.04. The molecule has 0 spiro atoms. The summed E-state index contributed by atoms with van der Waals surface area (Å²) in [6.45, 7) is 2.39. The minimum atomic E-state index is 0.676. The number of nitrogens with one attached hydrogen (secondary N) is 2. The number of hydrogen-bond donors (Lipinski definition) is 3. The van der Waals surface area contributed by atoms with Crippen molar-refractivity contribution in [2.45, 2.75) is 32.1 Å². The van der Waals surface area contributed by atoms with Gasteiger partial charge in [-0.2, -0.15) is 11.8 Å². The highest BCUT2D eigenvalue weighted by Gasteiger charge is 1.95. The van der Waals surface area contributed by atoms with Gasteiger partial charge >= 0.3 is 0 Å². The van der Waals surface area contributed by atoms with Crippen LogP contribution in [0.4, 0.5) is 0 Å². The zero-order chi connectivity index (χ0) is 13.5. The third-order valence-electron chi connectivity index (χ3n) is 2.48. The van der Waals surface area contributed by atoms with Gasteiger partial charge in [0.05, 0.1) is 0 Å². The van der Waals surface area contributed by atoms with Crippen LogP contribution in [0, 0.1) is 0 Å². The zero-order valence-corrected chi connectivity index (χ0v) is 12.5. The van der Waals surface area contributed by atoms with E-state index in [4.69, 9.17) is 10.6 Å². The van der Waals surface area contributed by atoms with E-state index in [1.54, 1.807) is 7.11 Å². The number of thioether (sulfide) groups is 1. The lowest BCUT2D eigenvalue weighted by Gasteiger charge is -2.09. The number of hydrogen-bond acceptors (Lipinski definition) is 4. The molecule has 0 aromatic carbocycles. The van der Waals surface area contributed by atoms with E-state index < -0.39 is 0 Å². The molecule has 0 rings (SSSR count). The molecule has 0 unspecified atom stereocenters. The van der Waals surface area contributed by atoms with E-state index >= 15 is 0 Å². The number of methoxy groups -OCH3 is 1. The smallest absolute Gasteiger partial charge is 0.205 e. The maximum atomic E-state index is 5.39. The van der Waals surface area contributed by atoms with Gasteiger partial charge in [0.15, 0.2) is 0 Å². The molecule has 0 heterocycles. The summed E-state index contributed by atoms with van der Waals surface area (Å²) in [6, 6.07) is 0. The van der Waals surface area contributed by atoms with Gasteiger partial charge in [-0.05, 0) is 31.3 Å². The molecule has 0 aromatic rings. The van der Waals surface area contributed by atoms with Crippen LogP contribution >= 0.6 is 11.8 Å². The summed E-state index contributed by atoms with van der Waals surface area (Å²) in [5.74, 6) is 7.33. The molecule has 0 radical (unpaired) electrons. The van der Waals surface area contributed by atoms with Crippen molar-refractivity contribution < 1.29 is 4.74 Å². The summed E-state index contributed by atoms with van der Waals surface area (Å²) in [6.07, 6.45) is 8.11. The summed E-state index contributed by atoms with van der Waals surface area (Å²) in [5, 5.41) is 3.21. The Balaban J connectivity index is 3.43. The molecular weight excluding hydrogens is 248 g/mol. The second-order valence-electron chi connectivity index (χ2n) is 4.05. The largest absolute Gasteiger partial charge is 0.385 e. The molecule has 0 amide bonds. The predicted molar refractivity (Wildman–Crippen MR) is 81.0 cm³/mol. The normalized spacial score (nSPS) is 11.6. The van der Waals surface area contributed by atoms with Crippen LogP contribution in [0.25, 0.3) is 0 Å². The summed E-state index contributed by atoms with van der Waals surface area (Å²) in [5.41, 5.74) is 2.58. The zero-order valence-electron chi connectivity index (χ0n) is 11.7. The molecule has 0 aliphatic heterocycles. The fraction of sp³-hybridized carbons (Fsp3) is 0.917. The Morgan fingerprint density at radius 3 is 2.67 bits per heavy atom. The molecule has 0 saturated heterocycles. The summed E-state index contributed by atoms with van der Waals surface area (Å²) in [7, 11) is 1.70. The SMILES string of the molecule is COCCCN=C(NN)NCCCCCCSC. The lowest BCUT2D eigenvalue weighted by molar-refractivity contribution is 0.197. The maximum absolute atomic E-state index is 5.39. The van der Waals surface area contributed by atoms with E-state index in [9.17, 15) is 0 Å². The number of rotatable bonds is 11. The molecule has 4 N–H and O–H groups in total. The lowest BCUT2D eigenvalue weighted by Crippen LogP contribution is -2.42. The quantitative estimate of drug-likeness (QED) is 0.175. The minimum Gasteiger partial charge on any atom is -0.385 e. The molecule has 0 atom stereocenters. The van der Waals surface area contributed by atoms with Crippen LogP contribution in [0.3, 0.4) is 0 Å². The van der Waals surface area contributed by atoms with Gasteiger partial charge in [0.25, 0.3) is 0 Å². The number of ether oxygens (including phenoxy) is 1. The summed E-state index contributed by atoms with van der Waals surface area (Å²) >= 11 is 1.92. The minimum absolute atomic E-state index is 0.676. The molecule has 0 fully saturated rings. The number of guanidine groups is 1. The average Bonchev–Trinajstić information content (AvgIpc) is 2.40. The van der Waals surface area contributed by atoms with E-state index in [1.807, 2.05) is 11.8 Å². The topological polar surface area (TPSA) is 71.7 Å². The maximum Gasteiger partial charge on any atom is 0.205 e. The molecule has 18 heavy (non-hydrogen) atoms. The van der Waals surface area contributed by atoms with Crippen LogP contribution in [-0.2, 0) is 4.74 Å². The van der Waals surface area contributed by atoms with Crippen molar-refractivity contribution in [1.29, 1.82) is 0 Å². The third-order valence-corrected chi connectivity index (χ3v) is 3.18. The molecule has 0 aliphatic rings. The fourth-order valence-electron chi connectivity index (χ4n) is 1.48. The average molecular weight is 276 g/mol. The van der Waals surface area contributed by atoms with Crippen molar-refractivity contribution in [2.75, 3.05) is 38.8 Å². The lowest BCUT2D eigenvalue weighted by atomic mass is 10.2. The Morgan fingerprint density at radius 2 is 2.00 bits per heavy atom. The molecule has 0 saturated carbocycles. The Kier molecular flexibility index (Phi) is 14.2. The fourth-order valence-corrected chi connectivity index (χ4v) is 1.98. The first-order valence-electron chi connectivity index (χ1n) is 6.58. The van der Waals surface area contributed by atoms with Gasteiger partial charge in [-0.3, -0.25) is 10.4 Å². The predicted octanol–water partition coefficient (Wildman–Crippen LogP) is 1.36. The van der Waals surface area contributed by atoms with Gasteiger partial charge in [-0.15, -0.1) is 0 Å². The molecule has 0 aliphatic carbocycles. The molecular formula is C12H28N4OS. The van der Waals surface area contributed by atoms with Crippen LogP contribution in [0.1, 0.15) is 32.1 Å². The van der Waals surface area contributed by atoms with Crippen molar-refractivity contribution in [2.24, 2.45) is 10.8 Å². The molecule has 6 heteroatoms. The van der Waals surface area contributed by atoms with E-state index in [1.165, 1.54) is 25.0 Å². The summed E-state index contributed by atoms with van der Waals surface area (Å²) < 4.78 is 4.96. The highest BCUT2D eigenvalue weighted by Crippen LogP contribution is 2.03. The van der Waals surface area contributed by atoms with E-state index in [0.717, 1.165) is 32.5 Å². The first-order valence-corrected chi connectivity index (χ1v) is 7.97. The molecule has 108 valence electrons. The number of unbranched alkanes of at least 4 members (excludes halogenated alkanes) is 3. The third kappa shape index (κ3) is 12.0. The first-order chi connectivity index (χ1) is 8.85. The monoisotopic (exact) mass is 276 g/mol. The van der Waals surface area contributed by atoms with Crippen molar-refractivity contribution in [1.82, 2.24) is 10.7 Å². The van der Waals surface area contributed by atoms with Crippen molar-refractivity contribution in [3.8, 4) is 0 Å². The highest BCUT2D eigenvalue weighted by atomic mass is 32.2. The van der Waals surface area contributed by atoms with Crippen LogP contribution in [0.2, 0.25) is 0 Å². The molecule has 5 nitrogen and oxygen atoms in total. The Morgan fingerprint density at radius 1 is 1.22 bits per heavy atom. The number of nitrogens with zero attached hydrogens (tertiary/aromatic N) is 1. The van der Waals surface area contributed by atoms with Crippen molar-refractivity contribution >= 4 is 17.7 Å². The highest BCUT2D eigenvalue weighted by molar-refractivity contribution is 7.98. The molecule has 0 bridgehead atoms. The van der Waals surface area contributed by atoms with Gasteiger partial charge in [-0.1, -0.05) is 12.8 Å². The number of hydrazine groups is 1. The van der Waals surface area contributed by atoms with Crippen molar-refractivity contribution in [3.63, 3.8) is 0 Å². The van der Waals surface area contributed by atoms with Gasteiger partial charge in [0, 0.05) is 26.8 Å². The van der Waals surface area contributed by atoms with Gasteiger partial charge in [-0.25, -0.2) is 5.84 Å². The standard InChI is InChI=1S/C12H28N4OS/c1-17-10-7-9-15-12(16-13)14-8-5-3-4-6-11-18-2/h3-11,13H2,1-2H3,(H2,14,15,16). The Labute approximate surface area is 115 Å². The summed E-state index contributed by atoms with van der Waals surface area (Å²) in [4.78, 5) is 4.31. The van der Waals surface area contributed by atoms with E-state index in [0.29, 0.717) is 5.96 Å². The van der Waals surface area contributed by atoms with E-state index in [2.05, 4.69) is 22.0 Å². The van der Waals surface area contributed by atoms with Crippen LogP contribution in [0.5, 0.6) is 0 Å². The van der Waals surface area contributed by atoms with Crippen molar-refractivity contribution in [3.05, 3.63) is 0 Å². The van der Waals surface area contributed by atoms with Crippen LogP contribution < -0.4 is 16.6 Å². The Bertz CT molecular complexity index is 203. The number of aliphatic imine (C=N–C) groups is 1. The van der Waals surface area contributed by atoms with E-state index in [-0.39, 0.29) is 0 Å². The second kappa shape index (κ2) is 14.6. The van der Waals surface area contributed by atoms with Crippen LogP contribution in [0.15, 0.2) is 4.99 Å². The Hall–Kier alpha value is -0.460. The number of nitrogens with two attached hydrogens (primary N) is 1. The van der Waals surface area contributed by atoms with Crippen LogP contribution in [-0.4, -0.2) is 44.8 Å². The van der Waals surface area contributed by atoms with Gasteiger partial charge in [0.2, 0.25) is 5.96 Å². The first kappa shape index (κ1) is 17.5. The van der Waals surface area contributed by atoms with Gasteiger partial charge < -0.3 is 10.1 Å².